The van der Waals surface area contributed by atoms with E-state index in [1.165, 1.54) is 5.57 Å². The Kier molecular flexibility index (Phi) is 6.37. The van der Waals surface area contributed by atoms with E-state index in [0.29, 0.717) is 31.8 Å². The van der Waals surface area contributed by atoms with Crippen molar-refractivity contribution in [3.8, 4) is 0 Å². The number of rotatable bonds is 9. The molecule has 25 heavy (non-hydrogen) atoms. The maximum atomic E-state index is 13.2. The molecule has 2 heterocycles. The summed E-state index contributed by atoms with van der Waals surface area (Å²) in [4.78, 5) is 11.3. The Labute approximate surface area is 149 Å². The van der Waals surface area contributed by atoms with Gasteiger partial charge in [0, 0.05) is 32.2 Å². The van der Waals surface area contributed by atoms with Crippen LogP contribution in [0, 0.1) is 0 Å². The predicted octanol–water partition coefficient (Wildman–Crippen LogP) is 2.79. The fraction of sp³-hybridized carbons (Fsp3) is 0.684. The van der Waals surface area contributed by atoms with Crippen molar-refractivity contribution in [3.63, 3.8) is 0 Å². The van der Waals surface area contributed by atoms with Crippen LogP contribution in [0.15, 0.2) is 6.08 Å². The van der Waals surface area contributed by atoms with Crippen LogP contribution >= 0.6 is 0 Å². The number of likely N-dealkylation sites (tertiary alicyclic amines) is 1. The van der Waals surface area contributed by atoms with Gasteiger partial charge < -0.3 is 15.4 Å². The highest BCUT2D eigenvalue weighted by molar-refractivity contribution is 5.73. The van der Waals surface area contributed by atoms with Crippen LogP contribution in [-0.2, 0) is 17.6 Å². The minimum Gasteiger partial charge on any atom is -0.384 e. The number of unbranched alkanes of at least 4 members (excludes halogenated alkanes) is 2. The second-order valence-electron chi connectivity index (χ2n) is 7.03. The van der Waals surface area contributed by atoms with Gasteiger partial charge in [-0.05, 0) is 44.2 Å². The number of alkyl halides is 1. The number of anilines is 1. The standard InChI is InChI=1S/C19H29FN4O/c1-25-12-9-17-22-18-14(6-7-16(18)19(21)23-17)5-3-2-4-10-24-11-8-15(20)13-24/h6,15H,2-5,7-13H2,1H3,(H2,21,22,23)/t15-/m1/s1. The molecule has 0 bridgehead atoms. The molecule has 3 rings (SSSR count). The van der Waals surface area contributed by atoms with Crippen molar-refractivity contribution in [1.29, 1.82) is 0 Å². The first-order chi connectivity index (χ1) is 12.2. The molecular weight excluding hydrogens is 319 g/mol. The lowest BCUT2D eigenvalue weighted by Gasteiger charge is -2.14. The van der Waals surface area contributed by atoms with Gasteiger partial charge in [0.15, 0.2) is 0 Å². The van der Waals surface area contributed by atoms with E-state index in [4.69, 9.17) is 15.5 Å². The van der Waals surface area contributed by atoms with Crippen LogP contribution < -0.4 is 5.73 Å². The summed E-state index contributed by atoms with van der Waals surface area (Å²) in [6, 6.07) is 0. The van der Waals surface area contributed by atoms with Crippen molar-refractivity contribution >= 4 is 11.4 Å². The van der Waals surface area contributed by atoms with Gasteiger partial charge in [-0.25, -0.2) is 14.4 Å². The van der Waals surface area contributed by atoms with Crippen molar-refractivity contribution in [1.82, 2.24) is 14.9 Å². The van der Waals surface area contributed by atoms with E-state index in [1.54, 1.807) is 7.11 Å². The van der Waals surface area contributed by atoms with E-state index >= 15 is 0 Å². The maximum Gasteiger partial charge on any atom is 0.133 e. The highest BCUT2D eigenvalue weighted by atomic mass is 19.1. The minimum atomic E-state index is -0.613. The van der Waals surface area contributed by atoms with E-state index in [9.17, 15) is 4.39 Å². The van der Waals surface area contributed by atoms with E-state index in [0.717, 1.165) is 62.3 Å². The molecule has 0 saturated carbocycles. The summed E-state index contributed by atoms with van der Waals surface area (Å²) < 4.78 is 18.3. The van der Waals surface area contributed by atoms with Gasteiger partial charge in [-0.15, -0.1) is 0 Å². The summed E-state index contributed by atoms with van der Waals surface area (Å²) in [5.41, 5.74) is 9.51. The van der Waals surface area contributed by atoms with E-state index < -0.39 is 6.17 Å². The highest BCUT2D eigenvalue weighted by Crippen LogP contribution is 2.32. The number of nitrogen functional groups attached to an aromatic ring is 1. The predicted molar refractivity (Wildman–Crippen MR) is 98.1 cm³/mol. The van der Waals surface area contributed by atoms with Crippen molar-refractivity contribution in [3.05, 3.63) is 23.2 Å². The Bertz CT molecular complexity index is 620. The molecule has 1 aliphatic heterocycles. The number of aromatic nitrogens is 2. The van der Waals surface area contributed by atoms with Gasteiger partial charge in [0.25, 0.3) is 0 Å². The molecular formula is C19H29FN4O. The second-order valence-corrected chi connectivity index (χ2v) is 7.03. The van der Waals surface area contributed by atoms with Gasteiger partial charge in [0.2, 0.25) is 0 Å². The topological polar surface area (TPSA) is 64.3 Å². The Morgan fingerprint density at radius 3 is 2.92 bits per heavy atom. The average molecular weight is 348 g/mol. The third-order valence-corrected chi connectivity index (χ3v) is 5.11. The third kappa shape index (κ3) is 4.76. The number of hydrogen-bond donors (Lipinski definition) is 1. The van der Waals surface area contributed by atoms with Crippen LogP contribution in [0.2, 0.25) is 0 Å². The smallest absolute Gasteiger partial charge is 0.133 e. The van der Waals surface area contributed by atoms with Gasteiger partial charge in [0.05, 0.1) is 12.3 Å². The largest absolute Gasteiger partial charge is 0.384 e. The first-order valence-corrected chi connectivity index (χ1v) is 9.37. The first kappa shape index (κ1) is 18.3. The number of hydrogen-bond acceptors (Lipinski definition) is 5. The molecule has 1 fully saturated rings. The van der Waals surface area contributed by atoms with Crippen LogP contribution in [0.1, 0.15) is 49.2 Å². The Balaban J connectivity index is 1.46. The van der Waals surface area contributed by atoms with E-state index in [1.807, 2.05) is 0 Å². The van der Waals surface area contributed by atoms with E-state index in [2.05, 4.69) is 16.0 Å². The fourth-order valence-corrected chi connectivity index (χ4v) is 3.68. The number of halogens is 1. The van der Waals surface area contributed by atoms with Gasteiger partial charge >= 0.3 is 0 Å². The van der Waals surface area contributed by atoms with Gasteiger partial charge in [0.1, 0.15) is 17.8 Å². The summed E-state index contributed by atoms with van der Waals surface area (Å²) in [5, 5.41) is 0. The summed E-state index contributed by atoms with van der Waals surface area (Å²) in [5.74, 6) is 1.37. The molecule has 0 amide bonds. The molecule has 2 aliphatic rings. The summed E-state index contributed by atoms with van der Waals surface area (Å²) >= 11 is 0. The van der Waals surface area contributed by atoms with Crippen molar-refractivity contribution in [2.75, 3.05) is 39.1 Å². The Morgan fingerprint density at radius 1 is 1.28 bits per heavy atom. The number of nitrogens with zero attached hydrogens (tertiary/aromatic N) is 3. The molecule has 1 aliphatic carbocycles. The average Bonchev–Trinajstić information content (AvgIpc) is 3.19. The summed E-state index contributed by atoms with van der Waals surface area (Å²) in [7, 11) is 1.68. The molecule has 1 atom stereocenters. The molecule has 0 spiro atoms. The molecule has 0 unspecified atom stereocenters. The maximum absolute atomic E-state index is 13.2. The SMILES string of the molecule is COCCc1nc(N)c2c(n1)C(CCCCCN1CC[C@@H](F)C1)=CC2. The lowest BCUT2D eigenvalue weighted by Crippen LogP contribution is -2.22. The van der Waals surface area contributed by atoms with Crippen molar-refractivity contribution < 1.29 is 9.13 Å². The Hall–Kier alpha value is -1.53. The second kappa shape index (κ2) is 8.72. The van der Waals surface area contributed by atoms with Gasteiger partial charge in [-0.3, -0.25) is 0 Å². The van der Waals surface area contributed by atoms with Crippen LogP contribution in [0.5, 0.6) is 0 Å². The zero-order valence-electron chi connectivity index (χ0n) is 15.1. The van der Waals surface area contributed by atoms with Crippen LogP contribution in [0.25, 0.3) is 5.57 Å². The zero-order valence-corrected chi connectivity index (χ0v) is 15.1. The number of allylic oxidation sites excluding steroid dienone is 2. The zero-order chi connectivity index (χ0) is 17.6. The van der Waals surface area contributed by atoms with Crippen LogP contribution in [0.3, 0.4) is 0 Å². The molecule has 1 aromatic rings. The number of fused-ring (bicyclic) bond motifs is 1. The molecule has 1 aromatic heterocycles. The van der Waals surface area contributed by atoms with Crippen molar-refractivity contribution in [2.45, 2.75) is 51.1 Å². The molecule has 1 saturated heterocycles. The molecule has 2 N–H and O–H groups in total. The number of nitrogens with two attached hydrogens (primary N) is 1. The lowest BCUT2D eigenvalue weighted by molar-refractivity contribution is 0.200. The molecule has 0 radical (unpaired) electrons. The monoisotopic (exact) mass is 348 g/mol. The van der Waals surface area contributed by atoms with Gasteiger partial charge in [-0.1, -0.05) is 12.5 Å². The molecule has 6 heteroatoms. The minimum absolute atomic E-state index is 0.605. The summed E-state index contributed by atoms with van der Waals surface area (Å²) in [6.07, 6.45) is 8.32. The molecule has 0 aromatic carbocycles. The Morgan fingerprint density at radius 2 is 2.16 bits per heavy atom. The number of methoxy groups -OCH3 is 1. The quantitative estimate of drug-likeness (QED) is 0.695. The van der Waals surface area contributed by atoms with Crippen LogP contribution in [-0.4, -0.2) is 54.4 Å². The first-order valence-electron chi connectivity index (χ1n) is 9.37. The molecule has 5 nitrogen and oxygen atoms in total. The number of ether oxygens (including phenoxy) is 1. The normalized spacial score (nSPS) is 20.1. The van der Waals surface area contributed by atoms with E-state index in [-0.39, 0.29) is 0 Å². The highest BCUT2D eigenvalue weighted by Gasteiger charge is 2.22. The lowest BCUT2D eigenvalue weighted by atomic mass is 10.1. The van der Waals surface area contributed by atoms with Gasteiger partial charge in [-0.2, -0.15) is 0 Å². The third-order valence-electron chi connectivity index (χ3n) is 5.11. The van der Waals surface area contributed by atoms with Crippen LogP contribution in [0.4, 0.5) is 10.2 Å². The fourth-order valence-electron chi connectivity index (χ4n) is 3.68. The molecule has 138 valence electrons. The summed E-state index contributed by atoms with van der Waals surface area (Å²) in [6.45, 7) is 3.17. The van der Waals surface area contributed by atoms with Crippen molar-refractivity contribution in [2.24, 2.45) is 0 Å².